The number of benzene rings is 1. The maximum absolute atomic E-state index is 5.65. The minimum absolute atomic E-state index is 0.734. The van der Waals surface area contributed by atoms with E-state index in [0.717, 1.165) is 25.3 Å². The van der Waals surface area contributed by atoms with Crippen molar-refractivity contribution < 1.29 is 0 Å². The topological polar surface area (TPSA) is 3.24 Å². The lowest BCUT2D eigenvalue weighted by Crippen LogP contribution is -2.18. The van der Waals surface area contributed by atoms with Crippen LogP contribution >= 0.6 is 11.6 Å². The molecule has 78 valence electrons. The van der Waals surface area contributed by atoms with Gasteiger partial charge in [0.25, 0.3) is 0 Å². The molecule has 0 aliphatic carbocycles. The molecule has 0 unspecified atom stereocenters. The van der Waals surface area contributed by atoms with E-state index in [0.29, 0.717) is 0 Å². The zero-order valence-corrected chi connectivity index (χ0v) is 9.72. The largest absolute Gasteiger partial charge is 0.375 e. The third kappa shape index (κ3) is 3.22. The van der Waals surface area contributed by atoms with Gasteiger partial charge in [0.1, 0.15) is 0 Å². The van der Waals surface area contributed by atoms with Crippen molar-refractivity contribution in [3.8, 4) is 0 Å². The van der Waals surface area contributed by atoms with Gasteiger partial charge >= 0.3 is 0 Å². The van der Waals surface area contributed by atoms with Gasteiger partial charge in [-0.15, -0.1) is 11.6 Å². The Morgan fingerprint density at radius 2 is 1.86 bits per heavy atom. The summed E-state index contributed by atoms with van der Waals surface area (Å²) >= 11 is 5.65. The highest BCUT2D eigenvalue weighted by molar-refractivity contribution is 6.17. The van der Waals surface area contributed by atoms with E-state index in [1.165, 1.54) is 11.3 Å². The Morgan fingerprint density at radius 1 is 1.21 bits per heavy atom. The number of anilines is 1. The maximum atomic E-state index is 5.65. The summed E-state index contributed by atoms with van der Waals surface area (Å²) in [4.78, 5) is 2.24. The summed E-state index contributed by atoms with van der Waals surface area (Å²) in [5.74, 6) is 0.734. The highest BCUT2D eigenvalue weighted by atomic mass is 35.5. The van der Waals surface area contributed by atoms with E-state index in [-0.39, 0.29) is 0 Å². The third-order valence-electron chi connectivity index (χ3n) is 2.41. The molecular formula is C12H18ClN. The molecule has 0 saturated heterocycles. The molecule has 0 saturated carbocycles. The molecule has 0 fully saturated rings. The predicted molar refractivity (Wildman–Crippen MR) is 64.4 cm³/mol. The van der Waals surface area contributed by atoms with E-state index in [4.69, 9.17) is 11.6 Å². The van der Waals surface area contributed by atoms with Crippen LogP contribution in [-0.4, -0.2) is 19.5 Å². The average molecular weight is 212 g/mol. The lowest BCUT2D eigenvalue weighted by Gasteiger charge is -2.18. The standard InChI is InChI=1S/C12H18ClN/c1-3-11-5-7-12(8-6-11)14(2)10-4-9-13/h5-8H,3-4,9-10H2,1-2H3. The van der Waals surface area contributed by atoms with Crippen LogP contribution in [0.15, 0.2) is 24.3 Å². The first-order valence-corrected chi connectivity index (χ1v) is 5.67. The van der Waals surface area contributed by atoms with E-state index >= 15 is 0 Å². The van der Waals surface area contributed by atoms with Crippen molar-refractivity contribution >= 4 is 17.3 Å². The highest BCUT2D eigenvalue weighted by Crippen LogP contribution is 2.14. The summed E-state index contributed by atoms with van der Waals surface area (Å²) < 4.78 is 0. The minimum Gasteiger partial charge on any atom is -0.375 e. The van der Waals surface area contributed by atoms with Gasteiger partial charge in [-0.3, -0.25) is 0 Å². The van der Waals surface area contributed by atoms with E-state index in [9.17, 15) is 0 Å². The Labute approximate surface area is 91.7 Å². The first-order valence-electron chi connectivity index (χ1n) is 5.14. The zero-order valence-electron chi connectivity index (χ0n) is 8.96. The maximum Gasteiger partial charge on any atom is 0.0363 e. The van der Waals surface area contributed by atoms with Gasteiger partial charge in [0.05, 0.1) is 0 Å². The summed E-state index contributed by atoms with van der Waals surface area (Å²) in [5, 5.41) is 0. The normalized spacial score (nSPS) is 10.2. The third-order valence-corrected chi connectivity index (χ3v) is 2.68. The van der Waals surface area contributed by atoms with Crippen molar-refractivity contribution in [1.82, 2.24) is 0 Å². The van der Waals surface area contributed by atoms with Crippen molar-refractivity contribution in [3.63, 3.8) is 0 Å². The van der Waals surface area contributed by atoms with Gasteiger partial charge in [-0.25, -0.2) is 0 Å². The molecular weight excluding hydrogens is 194 g/mol. The molecule has 1 aromatic carbocycles. The summed E-state index contributed by atoms with van der Waals surface area (Å²) in [6.07, 6.45) is 2.14. The number of nitrogens with zero attached hydrogens (tertiary/aromatic N) is 1. The fraction of sp³-hybridized carbons (Fsp3) is 0.500. The quantitative estimate of drug-likeness (QED) is 0.676. The van der Waals surface area contributed by atoms with E-state index in [2.05, 4.69) is 43.1 Å². The highest BCUT2D eigenvalue weighted by Gasteiger charge is 1.99. The van der Waals surface area contributed by atoms with Gasteiger partial charge in [0.15, 0.2) is 0 Å². The Bertz CT molecular complexity index is 256. The van der Waals surface area contributed by atoms with Crippen molar-refractivity contribution in [3.05, 3.63) is 29.8 Å². The number of alkyl halides is 1. The fourth-order valence-corrected chi connectivity index (χ4v) is 1.53. The number of hydrogen-bond donors (Lipinski definition) is 0. The minimum atomic E-state index is 0.734. The number of rotatable bonds is 5. The van der Waals surface area contributed by atoms with Crippen molar-refractivity contribution in [2.24, 2.45) is 0 Å². The number of hydrogen-bond acceptors (Lipinski definition) is 1. The molecule has 0 atom stereocenters. The molecule has 0 bridgehead atoms. The molecule has 2 heteroatoms. The second-order valence-electron chi connectivity index (χ2n) is 3.48. The first-order chi connectivity index (χ1) is 6.77. The van der Waals surface area contributed by atoms with Gasteiger partial charge < -0.3 is 4.90 Å². The molecule has 0 heterocycles. The number of aryl methyl sites for hydroxylation is 1. The van der Waals surface area contributed by atoms with Gasteiger partial charge in [-0.1, -0.05) is 19.1 Å². The van der Waals surface area contributed by atoms with Gasteiger partial charge in [0.2, 0.25) is 0 Å². The van der Waals surface area contributed by atoms with Crippen LogP contribution in [0.1, 0.15) is 18.9 Å². The fourth-order valence-electron chi connectivity index (χ4n) is 1.41. The molecule has 0 spiro atoms. The molecule has 0 aliphatic rings. The lowest BCUT2D eigenvalue weighted by atomic mass is 10.1. The van der Waals surface area contributed by atoms with Crippen molar-refractivity contribution in [2.45, 2.75) is 19.8 Å². The number of halogens is 1. The van der Waals surface area contributed by atoms with Crippen LogP contribution in [0.5, 0.6) is 0 Å². The summed E-state index contributed by atoms with van der Waals surface area (Å²) in [6.45, 7) is 3.20. The summed E-state index contributed by atoms with van der Waals surface area (Å²) in [6, 6.07) is 8.72. The second kappa shape index (κ2) is 5.92. The molecule has 0 aromatic heterocycles. The van der Waals surface area contributed by atoms with E-state index in [1.807, 2.05) is 0 Å². The monoisotopic (exact) mass is 211 g/mol. The Hall–Kier alpha value is -0.690. The Morgan fingerprint density at radius 3 is 2.36 bits per heavy atom. The molecule has 0 radical (unpaired) electrons. The zero-order chi connectivity index (χ0) is 10.4. The Balaban J connectivity index is 2.57. The van der Waals surface area contributed by atoms with Gasteiger partial charge in [-0.2, -0.15) is 0 Å². The van der Waals surface area contributed by atoms with Crippen LogP contribution in [0.3, 0.4) is 0 Å². The van der Waals surface area contributed by atoms with Crippen molar-refractivity contribution in [1.29, 1.82) is 0 Å². The molecule has 0 N–H and O–H groups in total. The molecule has 1 nitrogen and oxygen atoms in total. The van der Waals surface area contributed by atoms with E-state index < -0.39 is 0 Å². The van der Waals surface area contributed by atoms with Crippen LogP contribution in [0.4, 0.5) is 5.69 Å². The van der Waals surface area contributed by atoms with Crippen LogP contribution in [-0.2, 0) is 6.42 Å². The second-order valence-corrected chi connectivity index (χ2v) is 3.86. The molecule has 0 amide bonds. The van der Waals surface area contributed by atoms with Crippen LogP contribution < -0.4 is 4.90 Å². The van der Waals surface area contributed by atoms with Crippen LogP contribution in [0.25, 0.3) is 0 Å². The smallest absolute Gasteiger partial charge is 0.0363 e. The Kier molecular flexibility index (Phi) is 4.81. The van der Waals surface area contributed by atoms with Gasteiger partial charge in [-0.05, 0) is 30.5 Å². The molecule has 14 heavy (non-hydrogen) atoms. The average Bonchev–Trinajstić information content (AvgIpc) is 2.26. The van der Waals surface area contributed by atoms with E-state index in [1.54, 1.807) is 0 Å². The molecule has 1 aromatic rings. The SMILES string of the molecule is CCc1ccc(N(C)CCCCl)cc1. The predicted octanol–water partition coefficient (Wildman–Crippen LogP) is 3.31. The molecule has 0 aliphatic heterocycles. The summed E-state index contributed by atoms with van der Waals surface area (Å²) in [5.41, 5.74) is 2.66. The van der Waals surface area contributed by atoms with Crippen molar-refractivity contribution in [2.75, 3.05) is 24.4 Å². The lowest BCUT2D eigenvalue weighted by molar-refractivity contribution is 0.856. The van der Waals surface area contributed by atoms with Gasteiger partial charge in [0, 0.05) is 25.2 Å². The molecule has 1 rings (SSSR count). The van der Waals surface area contributed by atoms with Crippen LogP contribution in [0, 0.1) is 0 Å². The van der Waals surface area contributed by atoms with Crippen LogP contribution in [0.2, 0.25) is 0 Å². The first kappa shape index (κ1) is 11.4. The summed E-state index contributed by atoms with van der Waals surface area (Å²) in [7, 11) is 2.10.